The van der Waals surface area contributed by atoms with Gasteiger partial charge < -0.3 is 5.32 Å². The lowest BCUT2D eigenvalue weighted by Gasteiger charge is -1.99. The molecule has 0 saturated heterocycles. The molecule has 13 heavy (non-hydrogen) atoms. The van der Waals surface area contributed by atoms with Crippen LogP contribution in [0.1, 0.15) is 26.2 Å². The first-order valence-corrected chi connectivity index (χ1v) is 5.07. The van der Waals surface area contributed by atoms with Crippen molar-refractivity contribution in [1.82, 2.24) is 5.32 Å². The van der Waals surface area contributed by atoms with Gasteiger partial charge in [0, 0.05) is 0 Å². The lowest BCUT2D eigenvalue weighted by Crippen LogP contribution is -2.07. The van der Waals surface area contributed by atoms with Crippen molar-refractivity contribution in [3.63, 3.8) is 0 Å². The van der Waals surface area contributed by atoms with Crippen LogP contribution in [0.4, 0.5) is 0 Å². The van der Waals surface area contributed by atoms with E-state index < -0.39 is 0 Å². The summed E-state index contributed by atoms with van der Waals surface area (Å²) in [4.78, 5) is 0. The molecule has 0 heterocycles. The van der Waals surface area contributed by atoms with E-state index in [0.717, 1.165) is 25.8 Å². The number of allylic oxidation sites excluding steroid dienone is 5. The van der Waals surface area contributed by atoms with Crippen molar-refractivity contribution >= 4 is 0 Å². The molecule has 1 N–H and O–H groups in total. The molecule has 0 fully saturated rings. The quantitative estimate of drug-likeness (QED) is 0.696. The molecule has 1 rings (SSSR count). The fourth-order valence-corrected chi connectivity index (χ4v) is 1.43. The van der Waals surface area contributed by atoms with Crippen molar-refractivity contribution < 1.29 is 0 Å². The molecule has 0 spiro atoms. The minimum Gasteiger partial charge on any atom is -0.319 e. The zero-order chi connectivity index (χ0) is 9.52. The van der Waals surface area contributed by atoms with Gasteiger partial charge in [-0.3, -0.25) is 0 Å². The highest BCUT2D eigenvalue weighted by Gasteiger charge is 1.96. The Balaban J connectivity index is 2.48. The largest absolute Gasteiger partial charge is 0.319 e. The summed E-state index contributed by atoms with van der Waals surface area (Å²) >= 11 is 0. The molecule has 0 amide bonds. The first-order valence-electron chi connectivity index (χ1n) is 5.07. The van der Waals surface area contributed by atoms with E-state index in [-0.39, 0.29) is 0 Å². The molecule has 1 heteroatoms. The molecule has 0 aromatic carbocycles. The zero-order valence-corrected chi connectivity index (χ0v) is 8.64. The Morgan fingerprint density at radius 2 is 1.92 bits per heavy atom. The molecule has 72 valence electrons. The van der Waals surface area contributed by atoms with Gasteiger partial charge in [-0.1, -0.05) is 42.4 Å². The Hall–Kier alpha value is -0.820. The van der Waals surface area contributed by atoms with Gasteiger partial charge in [0.15, 0.2) is 0 Å². The monoisotopic (exact) mass is 177 g/mol. The minimum atomic E-state index is 1.07. The fourth-order valence-electron chi connectivity index (χ4n) is 1.43. The van der Waals surface area contributed by atoms with Crippen molar-refractivity contribution in [2.45, 2.75) is 26.2 Å². The van der Waals surface area contributed by atoms with Crippen molar-refractivity contribution in [1.29, 1.82) is 0 Å². The lowest BCUT2D eigenvalue weighted by molar-refractivity contribution is 0.792. The van der Waals surface area contributed by atoms with Crippen LogP contribution in [0.5, 0.6) is 0 Å². The Labute approximate surface area is 81.2 Å². The van der Waals surface area contributed by atoms with E-state index in [0.29, 0.717) is 0 Å². The topological polar surface area (TPSA) is 12.0 Å². The number of hydrogen-bond acceptors (Lipinski definition) is 1. The van der Waals surface area contributed by atoms with Crippen molar-refractivity contribution in [2.75, 3.05) is 13.6 Å². The van der Waals surface area contributed by atoms with Gasteiger partial charge in [0.1, 0.15) is 0 Å². The van der Waals surface area contributed by atoms with Crippen LogP contribution in [-0.2, 0) is 0 Å². The third kappa shape index (κ3) is 3.60. The maximum absolute atomic E-state index is 3.17. The van der Waals surface area contributed by atoms with Gasteiger partial charge in [0.2, 0.25) is 0 Å². The summed E-state index contributed by atoms with van der Waals surface area (Å²) in [6.07, 6.45) is 12.5. The van der Waals surface area contributed by atoms with E-state index in [4.69, 9.17) is 0 Å². The second-order valence-corrected chi connectivity index (χ2v) is 3.33. The number of hydrogen-bond donors (Lipinski definition) is 1. The fraction of sp³-hybridized carbons (Fsp3) is 0.500. The minimum absolute atomic E-state index is 1.07. The third-order valence-corrected chi connectivity index (χ3v) is 2.34. The van der Waals surface area contributed by atoms with E-state index >= 15 is 0 Å². The summed E-state index contributed by atoms with van der Waals surface area (Å²) in [6.45, 7) is 3.27. The standard InChI is InChI=1S/C12H19N/c1-3-11-5-4-6-12(8-7-11)9-10-13-2/h5-8,13H,3-4,9-10H2,1-2H3. The van der Waals surface area contributed by atoms with Crippen LogP contribution < -0.4 is 5.32 Å². The zero-order valence-electron chi connectivity index (χ0n) is 8.64. The molecule has 0 saturated carbocycles. The van der Waals surface area contributed by atoms with E-state index in [2.05, 4.69) is 36.5 Å². The summed E-state index contributed by atoms with van der Waals surface area (Å²) < 4.78 is 0. The van der Waals surface area contributed by atoms with Gasteiger partial charge in [-0.05, 0) is 32.9 Å². The average molecular weight is 177 g/mol. The highest BCUT2D eigenvalue weighted by Crippen LogP contribution is 2.14. The number of nitrogens with one attached hydrogen (secondary N) is 1. The van der Waals surface area contributed by atoms with Gasteiger partial charge in [0.25, 0.3) is 0 Å². The van der Waals surface area contributed by atoms with Gasteiger partial charge in [-0.25, -0.2) is 0 Å². The van der Waals surface area contributed by atoms with E-state index in [9.17, 15) is 0 Å². The van der Waals surface area contributed by atoms with Crippen LogP contribution in [0.3, 0.4) is 0 Å². The second-order valence-electron chi connectivity index (χ2n) is 3.33. The van der Waals surface area contributed by atoms with Gasteiger partial charge in [0.05, 0.1) is 0 Å². The Morgan fingerprint density at radius 3 is 2.62 bits per heavy atom. The summed E-state index contributed by atoms with van der Waals surface area (Å²) in [5.74, 6) is 0. The van der Waals surface area contributed by atoms with Crippen LogP contribution in [0.15, 0.2) is 35.5 Å². The van der Waals surface area contributed by atoms with Crippen molar-refractivity contribution in [2.24, 2.45) is 0 Å². The summed E-state index contributed by atoms with van der Waals surface area (Å²) in [7, 11) is 2.00. The van der Waals surface area contributed by atoms with Crippen molar-refractivity contribution in [3.8, 4) is 0 Å². The Morgan fingerprint density at radius 1 is 1.23 bits per heavy atom. The maximum atomic E-state index is 3.17. The van der Waals surface area contributed by atoms with Crippen LogP contribution in [0.2, 0.25) is 0 Å². The highest BCUT2D eigenvalue weighted by molar-refractivity contribution is 5.32. The maximum Gasteiger partial charge on any atom is -0.00115 e. The summed E-state index contributed by atoms with van der Waals surface area (Å²) in [5.41, 5.74) is 2.91. The van der Waals surface area contributed by atoms with Crippen LogP contribution in [0, 0.1) is 0 Å². The molecule has 1 aliphatic carbocycles. The molecular weight excluding hydrogens is 158 g/mol. The third-order valence-electron chi connectivity index (χ3n) is 2.34. The molecule has 1 aliphatic rings. The molecule has 0 atom stereocenters. The lowest BCUT2D eigenvalue weighted by atomic mass is 10.1. The first kappa shape index (κ1) is 10.3. The molecule has 0 aromatic rings. The van der Waals surface area contributed by atoms with Gasteiger partial charge in [-0.2, -0.15) is 0 Å². The summed E-state index contributed by atoms with van der Waals surface area (Å²) in [5, 5.41) is 3.17. The predicted molar refractivity (Wildman–Crippen MR) is 58.8 cm³/mol. The molecule has 0 aliphatic heterocycles. The average Bonchev–Trinajstić information content (AvgIpc) is 2.39. The normalized spacial score (nSPS) is 16.5. The first-order chi connectivity index (χ1) is 6.36. The van der Waals surface area contributed by atoms with Crippen LogP contribution in [0.25, 0.3) is 0 Å². The van der Waals surface area contributed by atoms with Gasteiger partial charge in [-0.15, -0.1) is 0 Å². The summed E-state index contributed by atoms with van der Waals surface area (Å²) in [6, 6.07) is 0. The molecule has 1 nitrogen and oxygen atoms in total. The molecule has 0 unspecified atom stereocenters. The van der Waals surface area contributed by atoms with E-state index in [1.807, 2.05) is 7.05 Å². The van der Waals surface area contributed by atoms with Crippen LogP contribution >= 0.6 is 0 Å². The van der Waals surface area contributed by atoms with E-state index in [1.165, 1.54) is 11.1 Å². The van der Waals surface area contributed by atoms with Gasteiger partial charge >= 0.3 is 0 Å². The van der Waals surface area contributed by atoms with E-state index in [1.54, 1.807) is 0 Å². The Kier molecular flexibility index (Phi) is 4.55. The number of rotatable bonds is 4. The second kappa shape index (κ2) is 5.76. The predicted octanol–water partition coefficient (Wildman–Crippen LogP) is 2.82. The smallest absolute Gasteiger partial charge is 0.00115 e. The SMILES string of the molecule is CCC1=CCC=C(CCNC)C=C1. The van der Waals surface area contributed by atoms with Crippen LogP contribution in [-0.4, -0.2) is 13.6 Å². The molecule has 0 radical (unpaired) electrons. The molecule has 0 aromatic heterocycles. The van der Waals surface area contributed by atoms with Crippen molar-refractivity contribution in [3.05, 3.63) is 35.5 Å². The Bertz CT molecular complexity index is 234. The highest BCUT2D eigenvalue weighted by atomic mass is 14.8. The molecular formula is C12H19N. The molecule has 0 bridgehead atoms.